The van der Waals surface area contributed by atoms with Gasteiger partial charge in [0, 0.05) is 11.7 Å². The van der Waals surface area contributed by atoms with Gasteiger partial charge in [-0.05, 0) is 37.8 Å². The molecule has 1 fully saturated rings. The first-order chi connectivity index (χ1) is 9.15. The van der Waals surface area contributed by atoms with E-state index in [0.717, 1.165) is 12.1 Å². The van der Waals surface area contributed by atoms with E-state index < -0.39 is 0 Å². The topological polar surface area (TPSA) is 41.1 Å². The molecule has 0 spiro atoms. The number of nitrogens with one attached hydrogen (secondary N) is 2. The lowest BCUT2D eigenvalue weighted by Gasteiger charge is -2.29. The predicted octanol–water partition coefficient (Wildman–Crippen LogP) is 3.10. The molecule has 2 atom stereocenters. The number of carbonyl (C=O) groups is 1. The molecule has 1 saturated carbocycles. The molecule has 1 aromatic carbocycles. The van der Waals surface area contributed by atoms with Crippen molar-refractivity contribution in [3.8, 4) is 0 Å². The molecule has 2 rings (SSSR count). The zero-order valence-corrected chi connectivity index (χ0v) is 11.9. The van der Waals surface area contributed by atoms with Crippen molar-refractivity contribution in [2.45, 2.75) is 45.6 Å². The number of hydrogen-bond donors (Lipinski definition) is 2. The second kappa shape index (κ2) is 6.60. The summed E-state index contributed by atoms with van der Waals surface area (Å²) in [7, 11) is 0. The van der Waals surface area contributed by atoms with E-state index in [4.69, 9.17) is 0 Å². The first-order valence-corrected chi connectivity index (χ1v) is 7.25. The molecule has 0 bridgehead atoms. The lowest BCUT2D eigenvalue weighted by molar-refractivity contribution is -0.120. The van der Waals surface area contributed by atoms with E-state index in [-0.39, 0.29) is 5.91 Å². The van der Waals surface area contributed by atoms with Crippen LogP contribution in [0.4, 0.5) is 5.69 Å². The second-order valence-electron chi connectivity index (χ2n) is 5.66. The van der Waals surface area contributed by atoms with Gasteiger partial charge in [-0.2, -0.15) is 0 Å². The fourth-order valence-electron chi connectivity index (χ4n) is 2.64. The van der Waals surface area contributed by atoms with Crippen LogP contribution in [0.2, 0.25) is 0 Å². The number of rotatable bonds is 4. The van der Waals surface area contributed by atoms with Crippen molar-refractivity contribution in [2.24, 2.45) is 5.92 Å². The fraction of sp³-hybridized carbons (Fsp3) is 0.562. The molecule has 0 heterocycles. The van der Waals surface area contributed by atoms with Gasteiger partial charge < -0.3 is 10.6 Å². The van der Waals surface area contributed by atoms with Gasteiger partial charge in [0.05, 0.1) is 6.54 Å². The van der Waals surface area contributed by atoms with Crippen LogP contribution in [0.25, 0.3) is 0 Å². The summed E-state index contributed by atoms with van der Waals surface area (Å²) in [6.07, 6.45) is 4.89. The summed E-state index contributed by atoms with van der Waals surface area (Å²) in [5.74, 6) is 0.705. The van der Waals surface area contributed by atoms with Crippen LogP contribution >= 0.6 is 0 Å². The zero-order chi connectivity index (χ0) is 13.7. The SMILES string of the molecule is Cc1ccc(NCC(=O)NC2CCCCC2C)cc1. The van der Waals surface area contributed by atoms with E-state index in [0.29, 0.717) is 18.5 Å². The highest BCUT2D eigenvalue weighted by molar-refractivity contribution is 5.81. The molecule has 2 N–H and O–H groups in total. The average Bonchev–Trinajstić information content (AvgIpc) is 2.41. The number of anilines is 1. The summed E-state index contributed by atoms with van der Waals surface area (Å²) >= 11 is 0. The van der Waals surface area contributed by atoms with Crippen LogP contribution in [0.5, 0.6) is 0 Å². The summed E-state index contributed by atoms with van der Waals surface area (Å²) in [4.78, 5) is 11.9. The molecule has 1 aliphatic carbocycles. The van der Waals surface area contributed by atoms with Gasteiger partial charge in [0.1, 0.15) is 0 Å². The Hall–Kier alpha value is -1.51. The maximum absolute atomic E-state index is 11.9. The average molecular weight is 260 g/mol. The van der Waals surface area contributed by atoms with E-state index in [1.165, 1.54) is 24.8 Å². The lowest BCUT2D eigenvalue weighted by atomic mass is 9.86. The quantitative estimate of drug-likeness (QED) is 0.873. The van der Waals surface area contributed by atoms with E-state index in [9.17, 15) is 4.79 Å². The molecule has 0 aromatic heterocycles. The number of benzene rings is 1. The van der Waals surface area contributed by atoms with Gasteiger partial charge in [0.15, 0.2) is 0 Å². The molecule has 19 heavy (non-hydrogen) atoms. The molecule has 0 radical (unpaired) electrons. The van der Waals surface area contributed by atoms with Crippen molar-refractivity contribution in [1.29, 1.82) is 0 Å². The first kappa shape index (κ1) is 13.9. The van der Waals surface area contributed by atoms with Crippen LogP contribution < -0.4 is 10.6 Å². The van der Waals surface area contributed by atoms with Crippen molar-refractivity contribution < 1.29 is 4.79 Å². The molecule has 1 amide bonds. The number of carbonyl (C=O) groups excluding carboxylic acids is 1. The standard InChI is InChI=1S/C16H24N2O/c1-12-7-9-14(10-8-12)17-11-16(19)18-15-6-4-3-5-13(15)2/h7-10,13,15,17H,3-6,11H2,1-2H3,(H,18,19). The molecule has 3 heteroatoms. The maximum Gasteiger partial charge on any atom is 0.239 e. The third-order valence-corrected chi connectivity index (χ3v) is 3.96. The number of aryl methyl sites for hydroxylation is 1. The zero-order valence-electron chi connectivity index (χ0n) is 11.9. The Morgan fingerprint density at radius 3 is 2.58 bits per heavy atom. The van der Waals surface area contributed by atoms with Crippen molar-refractivity contribution in [2.75, 3.05) is 11.9 Å². The number of amides is 1. The first-order valence-electron chi connectivity index (χ1n) is 7.25. The third-order valence-electron chi connectivity index (χ3n) is 3.96. The molecule has 1 aliphatic rings. The van der Waals surface area contributed by atoms with Crippen molar-refractivity contribution in [3.05, 3.63) is 29.8 Å². The van der Waals surface area contributed by atoms with E-state index in [1.807, 2.05) is 24.3 Å². The molecular weight excluding hydrogens is 236 g/mol. The van der Waals surface area contributed by atoms with Crippen LogP contribution in [0.1, 0.15) is 38.2 Å². The van der Waals surface area contributed by atoms with Crippen molar-refractivity contribution in [1.82, 2.24) is 5.32 Å². The Bertz CT molecular complexity index is 413. The highest BCUT2D eigenvalue weighted by Crippen LogP contribution is 2.23. The Morgan fingerprint density at radius 1 is 1.21 bits per heavy atom. The van der Waals surface area contributed by atoms with E-state index in [2.05, 4.69) is 24.5 Å². The van der Waals surface area contributed by atoms with Gasteiger partial charge >= 0.3 is 0 Å². The predicted molar refractivity (Wildman–Crippen MR) is 79.2 cm³/mol. The van der Waals surface area contributed by atoms with Gasteiger partial charge in [-0.1, -0.05) is 37.5 Å². The highest BCUT2D eigenvalue weighted by Gasteiger charge is 2.22. The Morgan fingerprint density at radius 2 is 1.89 bits per heavy atom. The van der Waals surface area contributed by atoms with Crippen molar-refractivity contribution >= 4 is 11.6 Å². The molecule has 0 aliphatic heterocycles. The second-order valence-corrected chi connectivity index (χ2v) is 5.66. The smallest absolute Gasteiger partial charge is 0.239 e. The normalized spacial score (nSPS) is 22.8. The van der Waals surface area contributed by atoms with Gasteiger partial charge in [0.25, 0.3) is 0 Å². The van der Waals surface area contributed by atoms with E-state index >= 15 is 0 Å². The van der Waals surface area contributed by atoms with Crippen LogP contribution in [0.3, 0.4) is 0 Å². The number of hydrogen-bond acceptors (Lipinski definition) is 2. The van der Waals surface area contributed by atoms with Gasteiger partial charge in [-0.15, -0.1) is 0 Å². The van der Waals surface area contributed by atoms with Gasteiger partial charge in [-0.3, -0.25) is 4.79 Å². The molecular formula is C16H24N2O. The minimum Gasteiger partial charge on any atom is -0.376 e. The van der Waals surface area contributed by atoms with Crippen molar-refractivity contribution in [3.63, 3.8) is 0 Å². The molecule has 104 valence electrons. The third kappa shape index (κ3) is 4.27. The molecule has 1 aromatic rings. The van der Waals surface area contributed by atoms with Crippen LogP contribution in [0, 0.1) is 12.8 Å². The van der Waals surface area contributed by atoms with E-state index in [1.54, 1.807) is 0 Å². The van der Waals surface area contributed by atoms with Gasteiger partial charge in [-0.25, -0.2) is 0 Å². The van der Waals surface area contributed by atoms with Crippen LogP contribution in [-0.4, -0.2) is 18.5 Å². The Labute approximate surface area is 115 Å². The monoisotopic (exact) mass is 260 g/mol. The van der Waals surface area contributed by atoms with Crippen LogP contribution in [-0.2, 0) is 4.79 Å². The van der Waals surface area contributed by atoms with Crippen LogP contribution in [0.15, 0.2) is 24.3 Å². The summed E-state index contributed by atoms with van der Waals surface area (Å²) in [6, 6.07) is 8.46. The molecule has 3 nitrogen and oxygen atoms in total. The minimum atomic E-state index is 0.0966. The minimum absolute atomic E-state index is 0.0966. The lowest BCUT2D eigenvalue weighted by Crippen LogP contribution is -2.43. The largest absolute Gasteiger partial charge is 0.376 e. The summed E-state index contributed by atoms with van der Waals surface area (Å²) in [6.45, 7) is 4.64. The summed E-state index contributed by atoms with van der Waals surface area (Å²) < 4.78 is 0. The fourth-order valence-corrected chi connectivity index (χ4v) is 2.64. The Balaban J connectivity index is 1.76. The van der Waals surface area contributed by atoms with Gasteiger partial charge in [0.2, 0.25) is 5.91 Å². The maximum atomic E-state index is 11.9. The summed E-state index contributed by atoms with van der Waals surface area (Å²) in [5, 5.41) is 6.31. The Kier molecular flexibility index (Phi) is 4.83. The molecule has 0 saturated heterocycles. The summed E-state index contributed by atoms with van der Waals surface area (Å²) in [5.41, 5.74) is 2.23. The highest BCUT2D eigenvalue weighted by atomic mass is 16.1. The molecule has 2 unspecified atom stereocenters.